The molecular weight excluding hydrogens is 482 g/mol. The number of imidazole rings is 1. The summed E-state index contributed by atoms with van der Waals surface area (Å²) in [7, 11) is 0. The van der Waals surface area contributed by atoms with E-state index in [2.05, 4.69) is 10.3 Å². The van der Waals surface area contributed by atoms with E-state index in [1.165, 1.54) is 4.57 Å². The average Bonchev–Trinajstić information content (AvgIpc) is 3.56. The molecule has 1 N–H and O–H groups in total. The van der Waals surface area contributed by atoms with Crippen molar-refractivity contribution in [3.63, 3.8) is 0 Å². The zero-order valence-electron chi connectivity index (χ0n) is 20.5. The van der Waals surface area contributed by atoms with Crippen molar-refractivity contribution in [1.29, 1.82) is 0 Å². The Balaban J connectivity index is 1.26. The van der Waals surface area contributed by atoms with E-state index in [1.807, 2.05) is 4.90 Å². The zero-order valence-corrected chi connectivity index (χ0v) is 20.5. The van der Waals surface area contributed by atoms with E-state index in [9.17, 15) is 13.6 Å². The lowest BCUT2D eigenvalue weighted by molar-refractivity contribution is -0.129. The number of alkyl halides is 2. The number of fused-ring (bicyclic) bond motifs is 1. The largest absolute Gasteiger partial charge is 0.378 e. The number of ether oxygens (including phenoxy) is 2. The van der Waals surface area contributed by atoms with Gasteiger partial charge in [0.2, 0.25) is 5.95 Å². The summed E-state index contributed by atoms with van der Waals surface area (Å²) >= 11 is 0. The lowest BCUT2D eigenvalue weighted by atomic mass is 9.76. The molecule has 11 heteroatoms. The number of carbonyl (C=O) groups excluding carboxylic acids is 1. The van der Waals surface area contributed by atoms with Crippen LogP contribution < -0.4 is 10.2 Å². The predicted octanol–water partition coefficient (Wildman–Crippen LogP) is 3.92. The number of hydrogen-bond acceptors (Lipinski definition) is 8. The Morgan fingerprint density at radius 3 is 2.68 bits per heavy atom. The van der Waals surface area contributed by atoms with Crippen molar-refractivity contribution in [2.45, 2.75) is 50.7 Å². The Hall–Kier alpha value is -3.18. The van der Waals surface area contributed by atoms with Crippen molar-refractivity contribution in [3.8, 4) is 5.82 Å². The fourth-order valence-corrected chi connectivity index (χ4v) is 5.42. The van der Waals surface area contributed by atoms with Crippen LogP contribution in [0.4, 0.5) is 20.5 Å². The summed E-state index contributed by atoms with van der Waals surface area (Å²) < 4.78 is 40.5. The van der Waals surface area contributed by atoms with E-state index in [1.54, 1.807) is 30.3 Å². The van der Waals surface area contributed by atoms with E-state index in [-0.39, 0.29) is 23.8 Å². The molecule has 3 aromatic rings. The summed E-state index contributed by atoms with van der Waals surface area (Å²) in [5, 5.41) is 3.46. The predicted molar refractivity (Wildman–Crippen MR) is 133 cm³/mol. The van der Waals surface area contributed by atoms with E-state index in [0.29, 0.717) is 73.9 Å². The number of aromatic nitrogens is 4. The molecule has 1 saturated carbocycles. The molecule has 1 aromatic carbocycles. The first kappa shape index (κ1) is 24.2. The normalized spacial score (nSPS) is 24.0. The number of nitrogens with one attached hydrogen (secondary N) is 1. The molecule has 0 amide bonds. The molecule has 0 bridgehead atoms. The molecule has 2 saturated heterocycles. The van der Waals surface area contributed by atoms with E-state index >= 15 is 0 Å². The molecule has 0 radical (unpaired) electrons. The summed E-state index contributed by atoms with van der Waals surface area (Å²) in [6.45, 7) is 3.01. The van der Waals surface area contributed by atoms with Crippen LogP contribution in [-0.2, 0) is 14.3 Å². The third kappa shape index (κ3) is 5.02. The molecule has 1 atom stereocenters. The molecule has 37 heavy (non-hydrogen) atoms. The van der Waals surface area contributed by atoms with Gasteiger partial charge in [-0.25, -0.2) is 13.8 Å². The Kier molecular flexibility index (Phi) is 6.72. The Morgan fingerprint density at radius 1 is 1.11 bits per heavy atom. The first-order valence-corrected chi connectivity index (χ1v) is 12.9. The van der Waals surface area contributed by atoms with Gasteiger partial charge >= 0.3 is 0 Å². The second-order valence-electron chi connectivity index (χ2n) is 9.96. The van der Waals surface area contributed by atoms with Gasteiger partial charge in [0.25, 0.3) is 6.43 Å². The van der Waals surface area contributed by atoms with Gasteiger partial charge in [0, 0.05) is 38.2 Å². The van der Waals surface area contributed by atoms with Gasteiger partial charge in [0.15, 0.2) is 11.6 Å². The molecule has 6 rings (SSSR count). The smallest absolute Gasteiger partial charge is 0.296 e. The monoisotopic (exact) mass is 512 g/mol. The highest BCUT2D eigenvalue weighted by Crippen LogP contribution is 2.35. The molecule has 9 nitrogen and oxygen atoms in total. The quantitative estimate of drug-likeness (QED) is 0.486. The maximum Gasteiger partial charge on any atom is 0.296 e. The van der Waals surface area contributed by atoms with Crippen LogP contribution in [0.15, 0.2) is 30.3 Å². The maximum atomic E-state index is 14.0. The fourth-order valence-electron chi connectivity index (χ4n) is 5.42. The highest BCUT2D eigenvalue weighted by atomic mass is 19.3. The number of Topliss-reactive ketones (excluding diaryl/α,β-unsaturated/α-hetero) is 1. The molecule has 196 valence electrons. The van der Waals surface area contributed by atoms with Crippen LogP contribution in [0.1, 0.15) is 44.4 Å². The van der Waals surface area contributed by atoms with Gasteiger partial charge in [0.05, 0.1) is 24.2 Å². The number of ketones is 1. The van der Waals surface area contributed by atoms with Crippen LogP contribution in [0, 0.1) is 5.92 Å². The average molecular weight is 513 g/mol. The summed E-state index contributed by atoms with van der Waals surface area (Å²) in [5.74, 6) is 1.54. The maximum absolute atomic E-state index is 14.0. The minimum Gasteiger partial charge on any atom is -0.378 e. The second-order valence-corrected chi connectivity index (χ2v) is 9.96. The van der Waals surface area contributed by atoms with Crippen LogP contribution in [0.25, 0.3) is 16.9 Å². The highest BCUT2D eigenvalue weighted by Gasteiger charge is 2.34. The van der Waals surface area contributed by atoms with Gasteiger partial charge in [-0.1, -0.05) is 12.1 Å². The molecule has 2 aliphatic heterocycles. The van der Waals surface area contributed by atoms with E-state index in [0.717, 1.165) is 25.7 Å². The Bertz CT molecular complexity index is 1270. The number of hydrogen-bond donors (Lipinski definition) is 1. The topological polar surface area (TPSA) is 94.4 Å². The highest BCUT2D eigenvalue weighted by molar-refractivity contribution is 5.83. The van der Waals surface area contributed by atoms with Crippen molar-refractivity contribution in [2.24, 2.45) is 5.92 Å². The van der Waals surface area contributed by atoms with Crippen molar-refractivity contribution in [2.75, 3.05) is 43.1 Å². The van der Waals surface area contributed by atoms with Crippen LogP contribution in [0.5, 0.6) is 0 Å². The number of anilines is 2. The standard InChI is InChI=1S/C26H30F2N6O3/c27-24(28)25-30-18-4-1-2-5-19(18)34(25)23-15-22(31-26(32-23)33-7-10-36-11-8-33)29-17-12-16(13-17)14-20(35)21-6-3-9-37-21/h1-2,4-5,15-17,21,24H,3,6-14H2,(H,29,31,32)/t16?,17?,21-/m0/s1. The minimum absolute atomic E-state index is 0.150. The number of nitrogens with zero attached hydrogens (tertiary/aromatic N) is 5. The van der Waals surface area contributed by atoms with Crippen LogP contribution >= 0.6 is 0 Å². The van der Waals surface area contributed by atoms with Gasteiger partial charge in [0.1, 0.15) is 17.7 Å². The second kappa shape index (κ2) is 10.3. The zero-order chi connectivity index (χ0) is 25.4. The fraction of sp³-hybridized carbons (Fsp3) is 0.538. The summed E-state index contributed by atoms with van der Waals surface area (Å²) in [5.41, 5.74) is 1.04. The number of halogens is 2. The minimum atomic E-state index is -2.76. The van der Waals surface area contributed by atoms with Crippen molar-refractivity contribution >= 4 is 28.6 Å². The molecular formula is C26H30F2N6O3. The van der Waals surface area contributed by atoms with E-state index < -0.39 is 6.43 Å². The summed E-state index contributed by atoms with van der Waals surface area (Å²) in [6, 6.07) is 8.90. The van der Waals surface area contributed by atoms with Crippen LogP contribution in [-0.4, -0.2) is 70.4 Å². The Morgan fingerprint density at radius 2 is 1.92 bits per heavy atom. The summed E-state index contributed by atoms with van der Waals surface area (Å²) in [6.07, 6.45) is 1.01. The van der Waals surface area contributed by atoms with Gasteiger partial charge in [-0.2, -0.15) is 9.97 Å². The molecule has 4 heterocycles. The molecule has 0 spiro atoms. The molecule has 0 unspecified atom stereocenters. The number of carbonyl (C=O) groups is 1. The van der Waals surface area contributed by atoms with Crippen molar-refractivity contribution < 1.29 is 23.0 Å². The molecule has 3 fully saturated rings. The third-order valence-corrected chi connectivity index (χ3v) is 7.37. The van der Waals surface area contributed by atoms with Crippen molar-refractivity contribution in [3.05, 3.63) is 36.2 Å². The molecule has 1 aliphatic carbocycles. The lowest BCUT2D eigenvalue weighted by Gasteiger charge is -2.36. The van der Waals surface area contributed by atoms with Gasteiger partial charge in [-0.3, -0.25) is 9.36 Å². The first-order valence-electron chi connectivity index (χ1n) is 12.9. The van der Waals surface area contributed by atoms with Gasteiger partial charge < -0.3 is 19.7 Å². The number of rotatable bonds is 8. The van der Waals surface area contributed by atoms with Gasteiger partial charge in [-0.15, -0.1) is 0 Å². The van der Waals surface area contributed by atoms with Crippen LogP contribution in [0.2, 0.25) is 0 Å². The first-order chi connectivity index (χ1) is 18.0. The Labute approximate surface area is 213 Å². The SMILES string of the molecule is O=C(CC1CC(Nc2cc(-n3c(C(F)F)nc4ccccc43)nc(N3CCOCC3)n2)C1)[C@@H]1CCCO1. The van der Waals surface area contributed by atoms with Crippen LogP contribution in [0.3, 0.4) is 0 Å². The summed E-state index contributed by atoms with van der Waals surface area (Å²) in [4.78, 5) is 28.1. The number of para-hydroxylation sites is 2. The number of benzene rings is 1. The van der Waals surface area contributed by atoms with Gasteiger partial charge in [-0.05, 0) is 43.7 Å². The lowest BCUT2D eigenvalue weighted by Crippen LogP contribution is -2.39. The number of morpholine rings is 1. The van der Waals surface area contributed by atoms with Crippen molar-refractivity contribution in [1.82, 2.24) is 19.5 Å². The molecule has 3 aliphatic rings. The molecule has 2 aromatic heterocycles. The third-order valence-electron chi connectivity index (χ3n) is 7.37. The van der Waals surface area contributed by atoms with E-state index in [4.69, 9.17) is 19.4 Å².